The first-order valence-electron chi connectivity index (χ1n) is 23.8. The summed E-state index contributed by atoms with van der Waals surface area (Å²) in [6, 6.07) is 91.3. The Bertz CT molecular complexity index is 4010. The molecule has 14 rings (SSSR count). The third kappa shape index (κ3) is 6.38. The zero-order valence-electron chi connectivity index (χ0n) is 38.0. The molecule has 0 bridgehead atoms. The van der Waals surface area contributed by atoms with Crippen LogP contribution < -0.4 is 9.80 Å². The van der Waals surface area contributed by atoms with E-state index in [0.29, 0.717) is 0 Å². The molecular formula is C66H42N2O2. The molecule has 12 aromatic carbocycles. The predicted molar refractivity (Wildman–Crippen MR) is 294 cm³/mol. The SMILES string of the molecule is c1ccc(N(c2ccc(-c3cccc4c3oc3ccccc34)cc2)c2c3ccccc3c(N(c3ccccc3)c3ccc(-c4cccc5c4oc4ccccc45)cc3)c3cc4ccccc4cc23)cc1. The molecule has 328 valence electrons. The molecule has 2 heterocycles. The van der Waals surface area contributed by atoms with Gasteiger partial charge in [-0.05, 0) is 94.7 Å². The van der Waals surface area contributed by atoms with Crippen molar-refractivity contribution in [2.45, 2.75) is 0 Å². The fourth-order valence-electron chi connectivity index (χ4n) is 10.8. The molecule has 70 heavy (non-hydrogen) atoms. The largest absolute Gasteiger partial charge is 0.455 e. The minimum absolute atomic E-state index is 0.895. The number of anilines is 6. The summed E-state index contributed by atoms with van der Waals surface area (Å²) in [5, 5.41) is 11.4. The van der Waals surface area contributed by atoms with Gasteiger partial charge in [-0.15, -0.1) is 0 Å². The van der Waals surface area contributed by atoms with E-state index in [1.165, 1.54) is 10.8 Å². The summed E-state index contributed by atoms with van der Waals surface area (Å²) in [6.45, 7) is 0. The maximum absolute atomic E-state index is 6.51. The van der Waals surface area contributed by atoms with E-state index in [1.54, 1.807) is 0 Å². The molecule has 2 aromatic heterocycles. The zero-order valence-corrected chi connectivity index (χ0v) is 38.0. The Hall–Kier alpha value is -9.38. The first kappa shape index (κ1) is 39.8. The smallest absolute Gasteiger partial charge is 0.143 e. The highest BCUT2D eigenvalue weighted by Gasteiger charge is 2.26. The van der Waals surface area contributed by atoms with Gasteiger partial charge in [-0.3, -0.25) is 0 Å². The van der Waals surface area contributed by atoms with Crippen LogP contribution >= 0.6 is 0 Å². The van der Waals surface area contributed by atoms with E-state index in [4.69, 9.17) is 8.83 Å². The molecule has 4 heteroatoms. The molecule has 0 radical (unpaired) electrons. The Morgan fingerprint density at radius 2 is 0.586 bits per heavy atom. The van der Waals surface area contributed by atoms with Gasteiger partial charge in [-0.25, -0.2) is 0 Å². The van der Waals surface area contributed by atoms with Gasteiger partial charge in [0.05, 0.1) is 11.4 Å². The maximum atomic E-state index is 6.51. The third-order valence-electron chi connectivity index (χ3n) is 14.0. The van der Waals surface area contributed by atoms with Gasteiger partial charge in [0.1, 0.15) is 22.3 Å². The minimum atomic E-state index is 0.895. The van der Waals surface area contributed by atoms with E-state index in [1.807, 2.05) is 24.3 Å². The lowest BCUT2D eigenvalue weighted by Crippen LogP contribution is -2.14. The number of hydrogen-bond donors (Lipinski definition) is 0. The number of rotatable bonds is 8. The molecule has 0 N–H and O–H groups in total. The van der Waals surface area contributed by atoms with Crippen LogP contribution in [0, 0.1) is 0 Å². The van der Waals surface area contributed by atoms with Crippen molar-refractivity contribution < 1.29 is 8.83 Å². The van der Waals surface area contributed by atoms with E-state index < -0.39 is 0 Å². The molecule has 0 saturated carbocycles. The number of furan rings is 2. The monoisotopic (exact) mass is 894 g/mol. The second-order valence-corrected chi connectivity index (χ2v) is 18.0. The number of para-hydroxylation sites is 6. The van der Waals surface area contributed by atoms with Gasteiger partial charge in [0.25, 0.3) is 0 Å². The average Bonchev–Trinajstić information content (AvgIpc) is 4.01. The van der Waals surface area contributed by atoms with Crippen LogP contribution in [0.15, 0.2) is 264 Å². The van der Waals surface area contributed by atoms with Gasteiger partial charge in [-0.2, -0.15) is 0 Å². The molecule has 4 nitrogen and oxygen atoms in total. The summed E-state index contributed by atoms with van der Waals surface area (Å²) in [7, 11) is 0. The van der Waals surface area contributed by atoms with Crippen LogP contribution in [0.2, 0.25) is 0 Å². The van der Waals surface area contributed by atoms with Gasteiger partial charge >= 0.3 is 0 Å². The third-order valence-corrected chi connectivity index (χ3v) is 14.0. The molecule has 0 spiro atoms. The lowest BCUT2D eigenvalue weighted by molar-refractivity contribution is 0.669. The fraction of sp³-hybridized carbons (Fsp3) is 0. The molecule has 0 saturated heterocycles. The van der Waals surface area contributed by atoms with Crippen LogP contribution in [-0.2, 0) is 0 Å². The molecule has 0 amide bonds. The zero-order chi connectivity index (χ0) is 46.1. The number of nitrogens with zero attached hydrogens (tertiary/aromatic N) is 2. The van der Waals surface area contributed by atoms with Crippen molar-refractivity contribution in [1.82, 2.24) is 0 Å². The molecule has 0 aliphatic heterocycles. The predicted octanol–water partition coefficient (Wildman–Crippen LogP) is 19.2. The summed E-state index contributed by atoms with van der Waals surface area (Å²) in [5.41, 5.74) is 14.4. The number of hydrogen-bond acceptors (Lipinski definition) is 4. The maximum Gasteiger partial charge on any atom is 0.143 e. The van der Waals surface area contributed by atoms with E-state index in [2.05, 4.69) is 240 Å². The summed E-state index contributed by atoms with van der Waals surface area (Å²) < 4.78 is 13.0. The molecule has 0 fully saturated rings. The first-order chi connectivity index (χ1) is 34.7. The molecule has 14 aromatic rings. The summed E-state index contributed by atoms with van der Waals surface area (Å²) in [4.78, 5) is 4.88. The number of fused-ring (bicyclic) bond motifs is 9. The van der Waals surface area contributed by atoms with E-state index >= 15 is 0 Å². The van der Waals surface area contributed by atoms with Crippen LogP contribution in [0.5, 0.6) is 0 Å². The minimum Gasteiger partial charge on any atom is -0.455 e. The quantitative estimate of drug-likeness (QED) is 0.112. The van der Waals surface area contributed by atoms with Crippen LogP contribution in [0.1, 0.15) is 0 Å². The summed E-state index contributed by atoms with van der Waals surface area (Å²) in [6.07, 6.45) is 0. The number of benzene rings is 12. The van der Waals surface area contributed by atoms with Crippen LogP contribution in [-0.4, -0.2) is 0 Å². The Morgan fingerprint density at radius 3 is 1.01 bits per heavy atom. The van der Waals surface area contributed by atoms with Crippen molar-refractivity contribution in [3.8, 4) is 22.3 Å². The highest BCUT2D eigenvalue weighted by molar-refractivity contribution is 6.25. The van der Waals surface area contributed by atoms with Crippen molar-refractivity contribution in [3.63, 3.8) is 0 Å². The van der Waals surface area contributed by atoms with E-state index in [-0.39, 0.29) is 0 Å². The van der Waals surface area contributed by atoms with Gasteiger partial charge in [0.2, 0.25) is 0 Å². The van der Waals surface area contributed by atoms with E-state index in [9.17, 15) is 0 Å². The Balaban J connectivity index is 0.988. The summed E-state index contributed by atoms with van der Waals surface area (Å²) >= 11 is 0. The lowest BCUT2D eigenvalue weighted by Gasteiger charge is -2.33. The molecular weight excluding hydrogens is 853 g/mol. The van der Waals surface area contributed by atoms with E-state index in [0.717, 1.165) is 122 Å². The van der Waals surface area contributed by atoms with Crippen molar-refractivity contribution in [2.24, 2.45) is 0 Å². The summed E-state index contributed by atoms with van der Waals surface area (Å²) in [5.74, 6) is 0. The Morgan fingerprint density at radius 1 is 0.243 bits per heavy atom. The topological polar surface area (TPSA) is 32.8 Å². The van der Waals surface area contributed by atoms with Crippen molar-refractivity contribution in [3.05, 3.63) is 255 Å². The van der Waals surface area contributed by atoms with Gasteiger partial charge in [-0.1, -0.05) is 182 Å². The Kier molecular flexibility index (Phi) is 9.17. The van der Waals surface area contributed by atoms with Crippen LogP contribution in [0.3, 0.4) is 0 Å². The standard InChI is InChI=1S/C66H42N2O2/c1-3-19-47(20-4-1)67(49-37-33-43(34-38-49)51-27-15-29-57-53-23-11-13-31-61(53)69-65(51)57)63-55-25-9-10-26-56(55)64(60-42-46-18-8-7-17-45(46)41-59(60)63)68(48-21-5-2-6-22-48)50-39-35-44(36-40-50)52-28-16-30-58-54-24-12-14-32-62(54)70-66(52)58/h1-42H. The highest BCUT2D eigenvalue weighted by Crippen LogP contribution is 2.52. The van der Waals surface area contributed by atoms with Crippen molar-refractivity contribution in [2.75, 3.05) is 9.80 Å². The van der Waals surface area contributed by atoms with Crippen molar-refractivity contribution >= 4 is 110 Å². The second-order valence-electron chi connectivity index (χ2n) is 18.0. The Labute approximate surface area is 404 Å². The molecule has 0 aliphatic carbocycles. The average molecular weight is 895 g/mol. The van der Waals surface area contributed by atoms with Gasteiger partial charge in [0.15, 0.2) is 0 Å². The second kappa shape index (κ2) is 16.2. The molecule has 0 aliphatic rings. The van der Waals surface area contributed by atoms with Crippen LogP contribution in [0.25, 0.3) is 98.4 Å². The molecule has 0 atom stereocenters. The molecule has 0 unspecified atom stereocenters. The lowest BCUT2D eigenvalue weighted by atomic mass is 9.93. The van der Waals surface area contributed by atoms with Gasteiger partial charge < -0.3 is 18.6 Å². The highest BCUT2D eigenvalue weighted by atomic mass is 16.3. The van der Waals surface area contributed by atoms with Gasteiger partial charge in [0, 0.05) is 77.0 Å². The first-order valence-corrected chi connectivity index (χ1v) is 23.8. The van der Waals surface area contributed by atoms with Crippen molar-refractivity contribution in [1.29, 1.82) is 0 Å². The normalized spacial score (nSPS) is 11.7. The fourth-order valence-corrected chi connectivity index (χ4v) is 10.8. The van der Waals surface area contributed by atoms with Crippen LogP contribution in [0.4, 0.5) is 34.1 Å².